The molecule has 0 spiro atoms. The lowest BCUT2D eigenvalue weighted by Crippen LogP contribution is -2.45. The Kier molecular flexibility index (Phi) is 4.87. The summed E-state index contributed by atoms with van der Waals surface area (Å²) in [5.41, 5.74) is 3.14. The van der Waals surface area contributed by atoms with Crippen molar-refractivity contribution >= 4 is 22.9 Å². The van der Waals surface area contributed by atoms with E-state index in [1.165, 1.54) is 4.68 Å². The van der Waals surface area contributed by atoms with Crippen molar-refractivity contribution in [1.82, 2.24) is 19.2 Å². The van der Waals surface area contributed by atoms with Crippen molar-refractivity contribution in [2.75, 3.05) is 0 Å². The molecule has 2 heterocycles. The average Bonchev–Trinajstić information content (AvgIpc) is 3.34. The number of rotatable bonds is 3. The number of nitrogens with zero attached hydrogens (tertiary/aromatic N) is 4. The van der Waals surface area contributed by atoms with Crippen molar-refractivity contribution in [3.63, 3.8) is 0 Å². The van der Waals surface area contributed by atoms with E-state index in [9.17, 15) is 9.59 Å². The lowest BCUT2D eigenvalue weighted by Gasteiger charge is -2.34. The lowest BCUT2D eigenvalue weighted by molar-refractivity contribution is 0.0513. The molecule has 0 bridgehead atoms. The maximum absolute atomic E-state index is 13.8. The van der Waals surface area contributed by atoms with Crippen LogP contribution >= 0.6 is 0 Å². The molecule has 32 heavy (non-hydrogen) atoms. The molecular formula is C25H30N4O3. The summed E-state index contributed by atoms with van der Waals surface area (Å²) in [6.45, 7) is 5.53. The Bertz CT molecular complexity index is 1200. The maximum atomic E-state index is 13.8. The van der Waals surface area contributed by atoms with Gasteiger partial charge in [-0.15, -0.1) is 0 Å². The van der Waals surface area contributed by atoms with Crippen LogP contribution in [0.2, 0.25) is 0 Å². The third-order valence-electron chi connectivity index (χ3n) is 6.32. The van der Waals surface area contributed by atoms with Gasteiger partial charge in [0.25, 0.3) is 5.91 Å². The predicted octanol–water partition coefficient (Wildman–Crippen LogP) is 4.32. The van der Waals surface area contributed by atoms with Crippen LogP contribution in [-0.4, -0.2) is 48.9 Å². The van der Waals surface area contributed by atoms with Gasteiger partial charge in [0.05, 0.1) is 16.8 Å². The van der Waals surface area contributed by atoms with E-state index in [4.69, 9.17) is 4.74 Å². The standard InChI is InChI=1S/C25H30N4O3/c1-25(2,3)32-24(31)28-15-17-14-19(10-11-21(17)26-28)29(18-8-9-18)23(30)20-7-5-6-16-12-13-27(4)22(16)20/h5-7,12-13,15,18-19H,8-11,14H2,1-4H3. The van der Waals surface area contributed by atoms with Gasteiger partial charge in [0.1, 0.15) is 5.60 Å². The van der Waals surface area contributed by atoms with Gasteiger partial charge in [-0.3, -0.25) is 4.79 Å². The Morgan fingerprint density at radius 1 is 1.12 bits per heavy atom. The molecule has 5 rings (SSSR count). The zero-order chi connectivity index (χ0) is 22.6. The summed E-state index contributed by atoms with van der Waals surface area (Å²) < 4.78 is 8.80. The van der Waals surface area contributed by atoms with Crippen LogP contribution < -0.4 is 0 Å². The van der Waals surface area contributed by atoms with E-state index < -0.39 is 11.7 Å². The molecule has 2 aliphatic carbocycles. The molecule has 0 radical (unpaired) electrons. The second-order valence-electron chi connectivity index (χ2n) is 10.0. The molecule has 168 valence electrons. The third-order valence-corrected chi connectivity index (χ3v) is 6.32. The summed E-state index contributed by atoms with van der Waals surface area (Å²) in [5.74, 6) is 0.105. The van der Waals surface area contributed by atoms with E-state index in [-0.39, 0.29) is 11.9 Å². The Morgan fingerprint density at radius 2 is 1.91 bits per heavy atom. The fraction of sp³-hybridized carbons (Fsp3) is 0.480. The number of amides is 1. The monoisotopic (exact) mass is 434 g/mol. The minimum atomic E-state index is -0.570. The molecule has 1 saturated carbocycles. The van der Waals surface area contributed by atoms with E-state index in [1.807, 2.05) is 62.8 Å². The Labute approximate surface area is 187 Å². The van der Waals surface area contributed by atoms with Gasteiger partial charge < -0.3 is 14.2 Å². The first-order valence-electron chi connectivity index (χ1n) is 11.4. The van der Waals surface area contributed by atoms with Crippen LogP contribution in [0.4, 0.5) is 4.79 Å². The highest BCUT2D eigenvalue weighted by molar-refractivity contribution is 6.06. The number of para-hydroxylation sites is 1. The van der Waals surface area contributed by atoms with E-state index in [0.29, 0.717) is 12.5 Å². The normalized spacial score (nSPS) is 18.4. The van der Waals surface area contributed by atoms with E-state index >= 15 is 0 Å². The van der Waals surface area contributed by atoms with E-state index in [2.05, 4.69) is 10.00 Å². The number of aromatic nitrogens is 3. The number of carbonyl (C=O) groups is 2. The molecule has 1 atom stereocenters. The van der Waals surface area contributed by atoms with Crippen LogP contribution in [0.25, 0.3) is 10.9 Å². The second kappa shape index (κ2) is 7.50. The third kappa shape index (κ3) is 3.80. The van der Waals surface area contributed by atoms with E-state index in [0.717, 1.165) is 53.4 Å². The first-order valence-corrected chi connectivity index (χ1v) is 11.4. The largest absolute Gasteiger partial charge is 0.442 e. The Balaban J connectivity index is 1.41. The van der Waals surface area contributed by atoms with Gasteiger partial charge >= 0.3 is 6.09 Å². The molecular weight excluding hydrogens is 404 g/mol. The fourth-order valence-electron chi connectivity index (χ4n) is 4.78. The van der Waals surface area contributed by atoms with Gasteiger partial charge in [0.2, 0.25) is 0 Å². The number of aryl methyl sites for hydroxylation is 2. The first kappa shape index (κ1) is 20.8. The van der Waals surface area contributed by atoms with Crippen molar-refractivity contribution in [2.24, 2.45) is 7.05 Å². The Hall–Kier alpha value is -3.09. The molecule has 1 amide bonds. The minimum Gasteiger partial charge on any atom is -0.442 e. The van der Waals surface area contributed by atoms with Gasteiger partial charge in [0.15, 0.2) is 0 Å². The zero-order valence-electron chi connectivity index (χ0n) is 19.2. The lowest BCUT2D eigenvalue weighted by atomic mass is 9.91. The topological polar surface area (TPSA) is 69.4 Å². The number of carbonyl (C=O) groups excluding carboxylic acids is 2. The van der Waals surface area contributed by atoms with Gasteiger partial charge in [-0.2, -0.15) is 9.78 Å². The van der Waals surface area contributed by atoms with Gasteiger partial charge in [0, 0.05) is 36.9 Å². The van der Waals surface area contributed by atoms with Crippen LogP contribution in [0.1, 0.15) is 61.6 Å². The molecule has 7 heteroatoms. The van der Waals surface area contributed by atoms with Crippen LogP contribution in [0.15, 0.2) is 36.7 Å². The molecule has 2 aromatic heterocycles. The van der Waals surface area contributed by atoms with Crippen LogP contribution in [0, 0.1) is 0 Å². The predicted molar refractivity (Wildman–Crippen MR) is 122 cm³/mol. The van der Waals surface area contributed by atoms with Crippen molar-refractivity contribution in [3.05, 3.63) is 53.5 Å². The second-order valence-corrected chi connectivity index (χ2v) is 10.0. The number of hydrogen-bond donors (Lipinski definition) is 0. The maximum Gasteiger partial charge on any atom is 0.435 e. The molecule has 1 aromatic carbocycles. The summed E-state index contributed by atoms with van der Waals surface area (Å²) >= 11 is 0. The number of fused-ring (bicyclic) bond motifs is 2. The van der Waals surface area contributed by atoms with Gasteiger partial charge in [-0.1, -0.05) is 12.1 Å². The number of hydrogen-bond acceptors (Lipinski definition) is 4. The summed E-state index contributed by atoms with van der Waals surface area (Å²) in [6.07, 6.45) is 7.73. The van der Waals surface area contributed by atoms with Crippen LogP contribution in [-0.2, 0) is 24.6 Å². The number of benzene rings is 1. The van der Waals surface area contributed by atoms with Gasteiger partial charge in [-0.25, -0.2) is 4.79 Å². The average molecular weight is 435 g/mol. The quantitative estimate of drug-likeness (QED) is 0.616. The summed E-state index contributed by atoms with van der Waals surface area (Å²) in [5, 5.41) is 5.56. The van der Waals surface area contributed by atoms with E-state index in [1.54, 1.807) is 6.20 Å². The molecule has 1 unspecified atom stereocenters. The smallest absolute Gasteiger partial charge is 0.435 e. The highest BCUT2D eigenvalue weighted by Gasteiger charge is 2.40. The molecule has 0 aliphatic heterocycles. The van der Waals surface area contributed by atoms with Crippen LogP contribution in [0.5, 0.6) is 0 Å². The fourth-order valence-corrected chi connectivity index (χ4v) is 4.78. The van der Waals surface area contributed by atoms with Crippen molar-refractivity contribution in [2.45, 2.75) is 70.6 Å². The molecule has 0 N–H and O–H groups in total. The highest BCUT2D eigenvalue weighted by Crippen LogP contribution is 2.35. The van der Waals surface area contributed by atoms with Gasteiger partial charge in [-0.05, 0) is 70.6 Å². The van der Waals surface area contributed by atoms with Crippen LogP contribution in [0.3, 0.4) is 0 Å². The molecule has 2 aliphatic rings. The number of ether oxygens (including phenoxy) is 1. The molecule has 7 nitrogen and oxygen atoms in total. The Morgan fingerprint density at radius 3 is 2.62 bits per heavy atom. The zero-order valence-corrected chi connectivity index (χ0v) is 19.2. The minimum absolute atomic E-state index is 0.105. The summed E-state index contributed by atoms with van der Waals surface area (Å²) in [4.78, 5) is 28.3. The van der Waals surface area contributed by atoms with Crippen molar-refractivity contribution in [1.29, 1.82) is 0 Å². The first-order chi connectivity index (χ1) is 15.2. The van der Waals surface area contributed by atoms with Crippen molar-refractivity contribution in [3.8, 4) is 0 Å². The molecule has 1 fully saturated rings. The summed E-state index contributed by atoms with van der Waals surface area (Å²) in [6, 6.07) is 8.40. The highest BCUT2D eigenvalue weighted by atomic mass is 16.6. The SMILES string of the molecule is Cn1ccc2cccc(C(=O)N(C3CC3)C3CCc4nn(C(=O)OC(C)(C)C)cc4C3)c21. The van der Waals surface area contributed by atoms with Crippen molar-refractivity contribution < 1.29 is 14.3 Å². The summed E-state index contributed by atoms with van der Waals surface area (Å²) in [7, 11) is 1.98. The molecule has 0 saturated heterocycles. The molecule has 3 aromatic rings.